The maximum Gasteiger partial charge on any atom is 0.224 e. The lowest BCUT2D eigenvalue weighted by Gasteiger charge is -2.32. The molecule has 0 bridgehead atoms. The van der Waals surface area contributed by atoms with Crippen LogP contribution in [-0.4, -0.2) is 6.29 Å². The molecule has 1 saturated heterocycles. The van der Waals surface area contributed by atoms with Crippen LogP contribution in [0.15, 0.2) is 18.2 Å². The molecule has 0 atom stereocenters. The van der Waals surface area contributed by atoms with Crippen LogP contribution in [0.2, 0.25) is 5.02 Å². The SMILES string of the molecule is Fc1cc(C2CCC(CCC3CCC(CCC4OO4)CC3)CC2)ccc1Cl. The van der Waals surface area contributed by atoms with Gasteiger partial charge in [0, 0.05) is 6.42 Å². The Kier molecular flexibility index (Phi) is 6.73. The van der Waals surface area contributed by atoms with Gasteiger partial charge in [-0.15, -0.1) is 0 Å². The van der Waals surface area contributed by atoms with Crippen molar-refractivity contribution in [1.82, 2.24) is 0 Å². The van der Waals surface area contributed by atoms with Crippen LogP contribution in [0, 0.1) is 23.6 Å². The van der Waals surface area contributed by atoms with E-state index in [4.69, 9.17) is 21.4 Å². The van der Waals surface area contributed by atoms with Gasteiger partial charge in [-0.05, 0) is 73.5 Å². The topological polar surface area (TPSA) is 25.1 Å². The molecule has 27 heavy (non-hydrogen) atoms. The quantitative estimate of drug-likeness (QED) is 0.355. The Bertz CT molecular complexity index is 602. The number of rotatable bonds is 7. The highest BCUT2D eigenvalue weighted by Crippen LogP contribution is 2.41. The number of benzene rings is 1. The van der Waals surface area contributed by atoms with Crippen molar-refractivity contribution in [2.75, 3.05) is 0 Å². The first kappa shape index (κ1) is 19.7. The summed E-state index contributed by atoms with van der Waals surface area (Å²) in [5.41, 5.74) is 1.13. The first-order valence-corrected chi connectivity index (χ1v) is 11.3. The Hall–Kier alpha value is -0.640. The lowest BCUT2D eigenvalue weighted by Crippen LogP contribution is -2.18. The van der Waals surface area contributed by atoms with Crippen molar-refractivity contribution < 1.29 is 14.2 Å². The molecule has 1 heterocycles. The third kappa shape index (κ3) is 5.68. The van der Waals surface area contributed by atoms with Crippen LogP contribution in [0.1, 0.15) is 88.5 Å². The Morgan fingerprint density at radius 3 is 1.81 bits per heavy atom. The van der Waals surface area contributed by atoms with E-state index in [1.54, 1.807) is 12.1 Å². The van der Waals surface area contributed by atoms with E-state index in [0.29, 0.717) is 5.92 Å². The summed E-state index contributed by atoms with van der Waals surface area (Å²) in [4.78, 5) is 9.70. The third-order valence-corrected chi connectivity index (χ3v) is 7.56. The lowest BCUT2D eigenvalue weighted by molar-refractivity contribution is 0.0850. The molecule has 2 nitrogen and oxygen atoms in total. The number of hydrogen-bond donors (Lipinski definition) is 0. The van der Waals surface area contributed by atoms with Gasteiger partial charge >= 0.3 is 0 Å². The summed E-state index contributed by atoms with van der Waals surface area (Å²) in [6.45, 7) is 0. The Morgan fingerprint density at radius 1 is 0.778 bits per heavy atom. The average molecular weight is 395 g/mol. The molecule has 0 spiro atoms. The molecule has 0 amide bonds. The van der Waals surface area contributed by atoms with E-state index in [2.05, 4.69) is 0 Å². The molecule has 2 aliphatic carbocycles. The second-order valence-corrected chi connectivity index (χ2v) is 9.46. The molecule has 0 aromatic heterocycles. The van der Waals surface area contributed by atoms with Crippen molar-refractivity contribution in [2.24, 2.45) is 17.8 Å². The van der Waals surface area contributed by atoms with Crippen molar-refractivity contribution in [3.05, 3.63) is 34.6 Å². The van der Waals surface area contributed by atoms with Crippen molar-refractivity contribution >= 4 is 11.6 Å². The highest BCUT2D eigenvalue weighted by molar-refractivity contribution is 6.30. The van der Waals surface area contributed by atoms with Gasteiger partial charge in [-0.3, -0.25) is 0 Å². The molecular formula is C23H32ClFO2. The Morgan fingerprint density at radius 2 is 1.30 bits per heavy atom. The molecule has 4 rings (SSSR count). The highest BCUT2D eigenvalue weighted by atomic mass is 35.5. The average Bonchev–Trinajstić information content (AvgIpc) is 3.53. The van der Waals surface area contributed by atoms with Gasteiger partial charge in [0.05, 0.1) is 5.02 Å². The molecule has 4 heteroatoms. The van der Waals surface area contributed by atoms with E-state index < -0.39 is 0 Å². The molecule has 0 unspecified atom stereocenters. The van der Waals surface area contributed by atoms with Crippen LogP contribution < -0.4 is 0 Å². The standard InChI is InChI=1S/C23H32ClFO2/c24-21-13-12-20(15-22(21)25)19-10-7-18(8-11-19)6-3-16-1-4-17(5-2-16)9-14-23-26-27-23/h12-13,15-19,23H,1-11,14H2. The van der Waals surface area contributed by atoms with Gasteiger partial charge in [-0.25, -0.2) is 4.39 Å². The minimum Gasteiger partial charge on any atom is -0.205 e. The van der Waals surface area contributed by atoms with Gasteiger partial charge in [0.1, 0.15) is 5.82 Å². The van der Waals surface area contributed by atoms with E-state index in [0.717, 1.165) is 29.7 Å². The van der Waals surface area contributed by atoms with E-state index in [9.17, 15) is 4.39 Å². The van der Waals surface area contributed by atoms with Gasteiger partial charge in [-0.1, -0.05) is 56.2 Å². The zero-order valence-corrected chi connectivity index (χ0v) is 16.9. The molecule has 3 fully saturated rings. The predicted octanol–water partition coefficient (Wildman–Crippen LogP) is 7.41. The predicted molar refractivity (Wildman–Crippen MR) is 106 cm³/mol. The molecule has 0 radical (unpaired) electrons. The summed E-state index contributed by atoms with van der Waals surface area (Å²) >= 11 is 5.81. The fourth-order valence-electron chi connectivity index (χ4n) is 5.34. The maximum absolute atomic E-state index is 13.7. The van der Waals surface area contributed by atoms with Gasteiger partial charge in [0.2, 0.25) is 6.29 Å². The van der Waals surface area contributed by atoms with Crippen LogP contribution in [0.5, 0.6) is 0 Å². The van der Waals surface area contributed by atoms with Crippen LogP contribution in [0.3, 0.4) is 0 Å². The number of hydrogen-bond acceptors (Lipinski definition) is 2. The molecule has 0 N–H and O–H groups in total. The van der Waals surface area contributed by atoms with Crippen molar-refractivity contribution in [3.63, 3.8) is 0 Å². The minimum atomic E-state index is -0.274. The van der Waals surface area contributed by atoms with E-state index in [1.165, 1.54) is 70.6 Å². The summed E-state index contributed by atoms with van der Waals surface area (Å²) in [6.07, 6.45) is 15.9. The summed E-state index contributed by atoms with van der Waals surface area (Å²) in [5.74, 6) is 2.95. The summed E-state index contributed by atoms with van der Waals surface area (Å²) < 4.78 is 13.7. The van der Waals surface area contributed by atoms with Crippen LogP contribution >= 0.6 is 11.6 Å². The summed E-state index contributed by atoms with van der Waals surface area (Å²) in [6, 6.07) is 5.36. The lowest BCUT2D eigenvalue weighted by atomic mass is 9.74. The van der Waals surface area contributed by atoms with Gasteiger partial charge in [0.15, 0.2) is 0 Å². The fraction of sp³-hybridized carbons (Fsp3) is 0.739. The first-order valence-electron chi connectivity index (χ1n) is 10.9. The smallest absolute Gasteiger partial charge is 0.205 e. The Labute approximate surface area is 167 Å². The normalized spacial score (nSPS) is 31.8. The molecule has 150 valence electrons. The third-order valence-electron chi connectivity index (χ3n) is 7.25. The molecular weight excluding hydrogens is 363 g/mol. The monoisotopic (exact) mass is 394 g/mol. The van der Waals surface area contributed by atoms with Crippen LogP contribution in [0.25, 0.3) is 0 Å². The molecule has 1 aromatic carbocycles. The summed E-state index contributed by atoms with van der Waals surface area (Å²) in [7, 11) is 0. The molecule has 1 aromatic rings. The summed E-state index contributed by atoms with van der Waals surface area (Å²) in [5, 5.41) is 0.233. The molecule has 2 saturated carbocycles. The van der Waals surface area contributed by atoms with Gasteiger partial charge < -0.3 is 0 Å². The zero-order chi connectivity index (χ0) is 18.6. The van der Waals surface area contributed by atoms with Crippen molar-refractivity contribution in [1.29, 1.82) is 0 Å². The second kappa shape index (κ2) is 9.24. The zero-order valence-electron chi connectivity index (χ0n) is 16.2. The maximum atomic E-state index is 13.7. The van der Waals surface area contributed by atoms with E-state index in [-0.39, 0.29) is 17.1 Å². The van der Waals surface area contributed by atoms with Gasteiger partial charge in [0.25, 0.3) is 0 Å². The molecule has 1 aliphatic heterocycles. The van der Waals surface area contributed by atoms with Crippen molar-refractivity contribution in [2.45, 2.75) is 89.3 Å². The second-order valence-electron chi connectivity index (χ2n) is 9.05. The van der Waals surface area contributed by atoms with E-state index >= 15 is 0 Å². The largest absolute Gasteiger partial charge is 0.224 e. The van der Waals surface area contributed by atoms with Crippen LogP contribution in [-0.2, 0) is 9.78 Å². The van der Waals surface area contributed by atoms with Crippen molar-refractivity contribution in [3.8, 4) is 0 Å². The minimum absolute atomic E-state index is 0.113. The van der Waals surface area contributed by atoms with E-state index in [1.807, 2.05) is 6.07 Å². The fourth-order valence-corrected chi connectivity index (χ4v) is 5.46. The van der Waals surface area contributed by atoms with Gasteiger partial charge in [-0.2, -0.15) is 9.78 Å². The highest BCUT2D eigenvalue weighted by Gasteiger charge is 2.29. The molecule has 3 aliphatic rings. The number of halogens is 2. The van der Waals surface area contributed by atoms with Crippen LogP contribution in [0.4, 0.5) is 4.39 Å². The Balaban J connectivity index is 1.13. The first-order chi connectivity index (χ1) is 13.2.